The van der Waals surface area contributed by atoms with Crippen molar-refractivity contribution >= 4 is 0 Å². The smallest absolute Gasteiger partial charge is 0.130 e. The third-order valence-electron chi connectivity index (χ3n) is 3.78. The van der Waals surface area contributed by atoms with Crippen LogP contribution in [0, 0.1) is 12.7 Å². The number of aliphatic hydroxyl groups is 1. The molecule has 1 N–H and O–H groups in total. The van der Waals surface area contributed by atoms with E-state index in [1.54, 1.807) is 37.4 Å². The maximum absolute atomic E-state index is 14.0. The molecule has 0 saturated carbocycles. The molecule has 4 heteroatoms. The molecular formula is C17H17FO3. The molecule has 0 amide bonds. The zero-order valence-electron chi connectivity index (χ0n) is 12.0. The summed E-state index contributed by atoms with van der Waals surface area (Å²) in [6.45, 7) is 1.90. The molecule has 0 fully saturated rings. The summed E-state index contributed by atoms with van der Waals surface area (Å²) in [6.07, 6.45) is -0.866. The Balaban J connectivity index is 1.96. The lowest BCUT2D eigenvalue weighted by atomic mass is 9.94. The van der Waals surface area contributed by atoms with E-state index in [0.717, 1.165) is 5.56 Å². The highest BCUT2D eigenvalue weighted by molar-refractivity contribution is 5.44. The van der Waals surface area contributed by atoms with E-state index in [9.17, 15) is 9.50 Å². The van der Waals surface area contributed by atoms with Crippen molar-refractivity contribution < 1.29 is 19.0 Å². The van der Waals surface area contributed by atoms with E-state index in [0.29, 0.717) is 29.0 Å². The van der Waals surface area contributed by atoms with E-state index < -0.39 is 12.2 Å². The van der Waals surface area contributed by atoms with Gasteiger partial charge in [0, 0.05) is 17.5 Å². The molecule has 0 spiro atoms. The van der Waals surface area contributed by atoms with Gasteiger partial charge >= 0.3 is 0 Å². The normalized spacial score (nSPS) is 20.6. The van der Waals surface area contributed by atoms with Gasteiger partial charge in [-0.3, -0.25) is 0 Å². The first kappa shape index (κ1) is 13.9. The quantitative estimate of drug-likeness (QED) is 0.915. The van der Waals surface area contributed by atoms with Gasteiger partial charge in [-0.2, -0.15) is 0 Å². The van der Waals surface area contributed by atoms with Crippen LogP contribution >= 0.6 is 0 Å². The molecule has 1 unspecified atom stereocenters. The van der Waals surface area contributed by atoms with Gasteiger partial charge in [-0.15, -0.1) is 0 Å². The summed E-state index contributed by atoms with van der Waals surface area (Å²) >= 11 is 0. The number of ether oxygens (including phenoxy) is 2. The maximum atomic E-state index is 14.0. The molecule has 110 valence electrons. The standard InChI is InChI=1S/C17H17FO3/c1-10-3-5-14(18)12(7-10)17-9-15(19)13-8-11(20-2)4-6-16(13)21-17/h3-8,15,17,19H,9H2,1-2H3/t15-,17?/m1/s1. The summed E-state index contributed by atoms with van der Waals surface area (Å²) in [7, 11) is 1.57. The van der Waals surface area contributed by atoms with E-state index in [4.69, 9.17) is 9.47 Å². The Hall–Kier alpha value is -2.07. The van der Waals surface area contributed by atoms with Crippen LogP contribution in [0.1, 0.15) is 35.3 Å². The number of aryl methyl sites for hydroxylation is 1. The van der Waals surface area contributed by atoms with Crippen molar-refractivity contribution in [1.82, 2.24) is 0 Å². The van der Waals surface area contributed by atoms with Gasteiger partial charge in [0.25, 0.3) is 0 Å². The summed E-state index contributed by atoms with van der Waals surface area (Å²) in [6, 6.07) is 10.2. The number of rotatable bonds is 2. The van der Waals surface area contributed by atoms with Gasteiger partial charge in [-0.05, 0) is 37.3 Å². The average Bonchev–Trinajstić information content (AvgIpc) is 2.49. The topological polar surface area (TPSA) is 38.7 Å². The summed E-state index contributed by atoms with van der Waals surface area (Å²) in [5, 5.41) is 10.3. The minimum atomic E-state index is -0.700. The second-order valence-corrected chi connectivity index (χ2v) is 5.29. The van der Waals surface area contributed by atoms with Crippen LogP contribution in [0.15, 0.2) is 36.4 Å². The van der Waals surface area contributed by atoms with E-state index in [2.05, 4.69) is 0 Å². The van der Waals surface area contributed by atoms with Crippen molar-refractivity contribution in [1.29, 1.82) is 0 Å². The molecule has 1 aliphatic heterocycles. The van der Waals surface area contributed by atoms with Crippen molar-refractivity contribution in [3.8, 4) is 11.5 Å². The molecule has 1 aliphatic rings. The Morgan fingerprint density at radius 2 is 2.00 bits per heavy atom. The second-order valence-electron chi connectivity index (χ2n) is 5.29. The van der Waals surface area contributed by atoms with E-state index >= 15 is 0 Å². The van der Waals surface area contributed by atoms with Crippen LogP contribution in [0.25, 0.3) is 0 Å². The number of aliphatic hydroxyl groups excluding tert-OH is 1. The van der Waals surface area contributed by atoms with Crippen LogP contribution in [0.2, 0.25) is 0 Å². The van der Waals surface area contributed by atoms with Crippen molar-refractivity contribution in [2.24, 2.45) is 0 Å². The predicted molar refractivity (Wildman–Crippen MR) is 77.1 cm³/mol. The molecule has 0 bridgehead atoms. The molecule has 0 radical (unpaired) electrons. The number of benzene rings is 2. The Kier molecular flexibility index (Phi) is 3.55. The van der Waals surface area contributed by atoms with Gasteiger partial charge in [0.15, 0.2) is 0 Å². The molecule has 21 heavy (non-hydrogen) atoms. The zero-order valence-corrected chi connectivity index (χ0v) is 12.0. The first-order valence-corrected chi connectivity index (χ1v) is 6.87. The molecule has 0 aromatic heterocycles. The van der Waals surface area contributed by atoms with Gasteiger partial charge in [-0.25, -0.2) is 4.39 Å². The Labute approximate surface area is 122 Å². The number of methoxy groups -OCH3 is 1. The predicted octanol–water partition coefficient (Wildman–Crippen LogP) is 3.70. The fourth-order valence-corrected chi connectivity index (χ4v) is 2.65. The highest BCUT2D eigenvalue weighted by Gasteiger charge is 2.30. The summed E-state index contributed by atoms with van der Waals surface area (Å²) in [4.78, 5) is 0. The molecule has 2 aromatic rings. The van der Waals surface area contributed by atoms with Crippen LogP contribution in [-0.2, 0) is 0 Å². The molecule has 3 nitrogen and oxygen atoms in total. The fraction of sp³-hybridized carbons (Fsp3) is 0.294. The largest absolute Gasteiger partial charge is 0.497 e. The lowest BCUT2D eigenvalue weighted by molar-refractivity contribution is 0.0637. The Bertz CT molecular complexity index is 669. The van der Waals surface area contributed by atoms with Crippen LogP contribution < -0.4 is 9.47 Å². The highest BCUT2D eigenvalue weighted by Crippen LogP contribution is 2.42. The van der Waals surface area contributed by atoms with Crippen LogP contribution in [-0.4, -0.2) is 12.2 Å². The lowest BCUT2D eigenvalue weighted by Gasteiger charge is -2.30. The maximum Gasteiger partial charge on any atom is 0.130 e. The zero-order chi connectivity index (χ0) is 15.0. The molecular weight excluding hydrogens is 271 g/mol. The van der Waals surface area contributed by atoms with Gasteiger partial charge in [0.05, 0.1) is 13.2 Å². The van der Waals surface area contributed by atoms with E-state index in [1.807, 2.05) is 6.92 Å². The SMILES string of the molecule is COc1ccc2c(c1)[C@H](O)CC(c1cc(C)ccc1F)O2. The highest BCUT2D eigenvalue weighted by atomic mass is 19.1. The van der Waals surface area contributed by atoms with Crippen LogP contribution in [0.4, 0.5) is 4.39 Å². The molecule has 1 heterocycles. The third-order valence-corrected chi connectivity index (χ3v) is 3.78. The number of fused-ring (bicyclic) bond motifs is 1. The van der Waals surface area contributed by atoms with Crippen molar-refractivity contribution in [2.45, 2.75) is 25.6 Å². The van der Waals surface area contributed by atoms with Gasteiger partial charge in [0.1, 0.15) is 23.4 Å². The number of halogens is 1. The van der Waals surface area contributed by atoms with Crippen molar-refractivity contribution in [2.75, 3.05) is 7.11 Å². The number of hydrogen-bond donors (Lipinski definition) is 1. The molecule has 0 saturated heterocycles. The first-order valence-electron chi connectivity index (χ1n) is 6.87. The molecule has 2 atom stereocenters. The molecule has 2 aromatic carbocycles. The minimum absolute atomic E-state index is 0.310. The average molecular weight is 288 g/mol. The minimum Gasteiger partial charge on any atom is -0.497 e. The van der Waals surface area contributed by atoms with Gasteiger partial charge < -0.3 is 14.6 Å². The van der Waals surface area contributed by atoms with E-state index in [-0.39, 0.29) is 5.82 Å². The molecule has 3 rings (SSSR count). The summed E-state index contributed by atoms with van der Waals surface area (Å²) in [5.41, 5.74) is 2.12. The Morgan fingerprint density at radius 1 is 1.19 bits per heavy atom. The first-order chi connectivity index (χ1) is 10.1. The van der Waals surface area contributed by atoms with Crippen molar-refractivity contribution in [3.05, 3.63) is 58.9 Å². The van der Waals surface area contributed by atoms with Crippen molar-refractivity contribution in [3.63, 3.8) is 0 Å². The molecule has 0 aliphatic carbocycles. The fourth-order valence-electron chi connectivity index (χ4n) is 2.65. The van der Waals surface area contributed by atoms with Gasteiger partial charge in [-0.1, -0.05) is 11.6 Å². The third kappa shape index (κ3) is 2.59. The summed E-state index contributed by atoms with van der Waals surface area (Å²) in [5.74, 6) is 0.923. The van der Waals surface area contributed by atoms with Gasteiger partial charge in [0.2, 0.25) is 0 Å². The summed E-state index contributed by atoms with van der Waals surface area (Å²) < 4.78 is 25.0. The monoisotopic (exact) mass is 288 g/mol. The lowest BCUT2D eigenvalue weighted by Crippen LogP contribution is -2.20. The van der Waals surface area contributed by atoms with E-state index in [1.165, 1.54) is 6.07 Å². The second kappa shape index (κ2) is 5.37. The Morgan fingerprint density at radius 3 is 2.76 bits per heavy atom. The van der Waals surface area contributed by atoms with Crippen LogP contribution in [0.5, 0.6) is 11.5 Å². The number of hydrogen-bond acceptors (Lipinski definition) is 3. The van der Waals surface area contributed by atoms with Crippen LogP contribution in [0.3, 0.4) is 0 Å².